The van der Waals surface area contributed by atoms with Gasteiger partial charge in [-0.3, -0.25) is 0 Å². The molecule has 2 N–H and O–H groups in total. The van der Waals surface area contributed by atoms with Gasteiger partial charge in [-0.1, -0.05) is 84.9 Å². The van der Waals surface area contributed by atoms with Crippen molar-refractivity contribution in [2.45, 2.75) is 37.8 Å². The third kappa shape index (κ3) is 7.49. The topological polar surface area (TPSA) is 51.8 Å². The molecule has 2 aliphatic rings. The molecule has 2 fully saturated rings. The summed E-state index contributed by atoms with van der Waals surface area (Å²) in [6.45, 7) is 3.34. The molecule has 0 saturated carbocycles. The summed E-state index contributed by atoms with van der Waals surface area (Å²) in [5.41, 5.74) is 4.57. The quantitative estimate of drug-likeness (QED) is 0.269. The van der Waals surface area contributed by atoms with Gasteiger partial charge in [-0.25, -0.2) is 0 Å². The minimum absolute atomic E-state index is 0.110. The van der Waals surface area contributed by atoms with Crippen molar-refractivity contribution < 1.29 is 14.0 Å². The fourth-order valence-electron chi connectivity index (χ4n) is 5.81. The molecule has 0 radical (unpaired) electrons. The van der Waals surface area contributed by atoms with E-state index in [9.17, 15) is 0 Å². The molecule has 41 heavy (non-hydrogen) atoms. The number of hydrogen-bond acceptors (Lipinski definition) is 5. The highest BCUT2D eigenvalue weighted by Crippen LogP contribution is 2.20. The second kappa shape index (κ2) is 14.0. The summed E-state index contributed by atoms with van der Waals surface area (Å²) in [7, 11) is 0. The molecule has 5 nitrogen and oxygen atoms in total. The van der Waals surface area contributed by atoms with Crippen LogP contribution in [0.3, 0.4) is 0 Å². The third-order valence-electron chi connectivity index (χ3n) is 8.06. The molecule has 4 aromatic carbocycles. The van der Waals surface area contributed by atoms with Gasteiger partial charge in [0, 0.05) is 25.3 Å². The van der Waals surface area contributed by atoms with E-state index in [2.05, 4.69) is 83.4 Å². The highest BCUT2D eigenvalue weighted by molar-refractivity contribution is 6.80. The highest BCUT2D eigenvalue weighted by atomic mass is 16.5. The van der Waals surface area contributed by atoms with Gasteiger partial charge in [0.1, 0.15) is 11.5 Å². The lowest BCUT2D eigenvalue weighted by atomic mass is 9.55. The van der Waals surface area contributed by atoms with Crippen molar-refractivity contribution in [1.82, 2.24) is 10.6 Å². The molecule has 0 spiro atoms. The number of rotatable bonds is 12. The van der Waals surface area contributed by atoms with Gasteiger partial charge in [0.25, 0.3) is 0 Å². The molecule has 2 atom stereocenters. The SMILES string of the molecule is c1ccc(B(OCC2CCCN2)c2ccc(Oc3ccc(B(OCC4CCCN4)c4ccccc4)cc3)cc2)cc1. The molecule has 2 aliphatic heterocycles. The first-order chi connectivity index (χ1) is 20.3. The van der Waals surface area contributed by atoms with Crippen molar-refractivity contribution in [3.63, 3.8) is 0 Å². The Kier molecular flexibility index (Phi) is 9.50. The summed E-state index contributed by atoms with van der Waals surface area (Å²) in [4.78, 5) is 0. The second-order valence-corrected chi connectivity index (χ2v) is 11.1. The van der Waals surface area contributed by atoms with E-state index >= 15 is 0 Å². The first kappa shape index (κ1) is 27.8. The Morgan fingerprint density at radius 3 is 1.27 bits per heavy atom. The lowest BCUT2D eigenvalue weighted by Crippen LogP contribution is -2.47. The first-order valence-electron chi connectivity index (χ1n) is 15.0. The van der Waals surface area contributed by atoms with Gasteiger partial charge in [-0.2, -0.15) is 0 Å². The van der Waals surface area contributed by atoms with E-state index < -0.39 is 0 Å². The van der Waals surface area contributed by atoms with Crippen molar-refractivity contribution >= 4 is 35.7 Å². The maximum Gasteiger partial charge on any atom is 0.361 e. The van der Waals surface area contributed by atoms with Gasteiger partial charge in [-0.15, -0.1) is 0 Å². The van der Waals surface area contributed by atoms with Gasteiger partial charge in [0.2, 0.25) is 0 Å². The molecule has 0 aliphatic carbocycles. The predicted molar refractivity (Wildman–Crippen MR) is 170 cm³/mol. The van der Waals surface area contributed by atoms with Crippen LogP contribution in [0.2, 0.25) is 0 Å². The molecular weight excluding hydrogens is 506 g/mol. The summed E-state index contributed by atoms with van der Waals surface area (Å²) < 4.78 is 19.2. The summed E-state index contributed by atoms with van der Waals surface area (Å²) in [5, 5.41) is 7.07. The number of benzene rings is 4. The van der Waals surface area contributed by atoms with Gasteiger partial charge < -0.3 is 24.7 Å². The van der Waals surface area contributed by atoms with Crippen LogP contribution in [0.5, 0.6) is 11.5 Å². The Morgan fingerprint density at radius 2 is 0.902 bits per heavy atom. The lowest BCUT2D eigenvalue weighted by Gasteiger charge is -2.19. The minimum atomic E-state index is -0.110. The van der Waals surface area contributed by atoms with Crippen LogP contribution in [0.25, 0.3) is 0 Å². The zero-order valence-electron chi connectivity index (χ0n) is 23.6. The Balaban J connectivity index is 1.13. The first-order valence-corrected chi connectivity index (χ1v) is 15.0. The molecule has 7 heteroatoms. The van der Waals surface area contributed by atoms with E-state index in [1.165, 1.54) is 25.7 Å². The molecule has 0 aromatic heterocycles. The van der Waals surface area contributed by atoms with E-state index in [1.807, 2.05) is 36.4 Å². The van der Waals surface area contributed by atoms with Gasteiger partial charge in [0.15, 0.2) is 0 Å². The molecule has 0 amide bonds. The van der Waals surface area contributed by atoms with Crippen molar-refractivity contribution in [1.29, 1.82) is 0 Å². The predicted octanol–water partition coefficient (Wildman–Crippen LogP) is 3.23. The fourth-order valence-corrected chi connectivity index (χ4v) is 5.81. The van der Waals surface area contributed by atoms with E-state index in [0.29, 0.717) is 25.3 Å². The summed E-state index contributed by atoms with van der Waals surface area (Å²) in [6, 6.07) is 38.3. The zero-order chi connectivity index (χ0) is 27.7. The molecule has 208 valence electrons. The van der Waals surface area contributed by atoms with Crippen LogP contribution in [0.4, 0.5) is 0 Å². The van der Waals surface area contributed by atoms with Crippen LogP contribution in [0, 0.1) is 0 Å². The monoisotopic (exact) mass is 544 g/mol. The van der Waals surface area contributed by atoms with E-state index in [-0.39, 0.29) is 13.8 Å². The summed E-state index contributed by atoms with van der Waals surface area (Å²) in [5.74, 6) is 1.60. The van der Waals surface area contributed by atoms with Crippen molar-refractivity contribution in [2.24, 2.45) is 0 Å². The highest BCUT2D eigenvalue weighted by Gasteiger charge is 2.25. The van der Waals surface area contributed by atoms with Crippen LogP contribution >= 0.6 is 0 Å². The largest absolute Gasteiger partial charge is 0.457 e. The Hall–Kier alpha value is -3.35. The summed E-state index contributed by atoms with van der Waals surface area (Å²) in [6.07, 6.45) is 4.77. The molecule has 2 saturated heterocycles. The molecule has 2 heterocycles. The van der Waals surface area contributed by atoms with E-state index in [4.69, 9.17) is 14.0 Å². The van der Waals surface area contributed by atoms with E-state index in [0.717, 1.165) is 46.4 Å². The number of nitrogens with one attached hydrogen (secondary N) is 2. The second-order valence-electron chi connectivity index (χ2n) is 11.1. The third-order valence-corrected chi connectivity index (χ3v) is 8.06. The zero-order valence-corrected chi connectivity index (χ0v) is 23.6. The van der Waals surface area contributed by atoms with Crippen LogP contribution in [-0.2, 0) is 9.31 Å². The fraction of sp³-hybridized carbons (Fsp3) is 0.294. The van der Waals surface area contributed by atoms with Crippen LogP contribution < -0.4 is 37.2 Å². The number of ether oxygens (including phenoxy) is 1. The molecule has 2 unspecified atom stereocenters. The maximum absolute atomic E-state index is 6.46. The molecule has 0 bridgehead atoms. The van der Waals surface area contributed by atoms with Crippen LogP contribution in [0.1, 0.15) is 25.7 Å². The average Bonchev–Trinajstić information content (AvgIpc) is 3.75. The van der Waals surface area contributed by atoms with Crippen LogP contribution in [0.15, 0.2) is 109 Å². The van der Waals surface area contributed by atoms with Gasteiger partial charge in [-0.05, 0) is 84.9 Å². The maximum atomic E-state index is 6.46. The van der Waals surface area contributed by atoms with Crippen molar-refractivity contribution in [3.05, 3.63) is 109 Å². The van der Waals surface area contributed by atoms with Gasteiger partial charge >= 0.3 is 13.8 Å². The Morgan fingerprint density at radius 1 is 0.512 bits per heavy atom. The Bertz CT molecular complexity index is 1220. The Labute approximate surface area is 244 Å². The summed E-state index contributed by atoms with van der Waals surface area (Å²) >= 11 is 0. The standard InChI is InChI=1S/C34H38B2N2O3/c1-3-9-27(10-4-1)35(39-25-31-13-7-23-37-31)29-15-19-33(20-16-29)41-34-21-17-30(18-22-34)36(28-11-5-2-6-12-28)40-26-32-14-8-24-38-32/h1-6,9-12,15-22,31-32,37-38H,7-8,13-14,23-26H2. The van der Waals surface area contributed by atoms with Crippen molar-refractivity contribution in [2.75, 3.05) is 26.3 Å². The minimum Gasteiger partial charge on any atom is -0.457 e. The molecular formula is C34H38B2N2O3. The number of hydrogen-bond donors (Lipinski definition) is 2. The molecule has 4 aromatic rings. The normalized spacial score (nSPS) is 18.3. The molecule has 6 rings (SSSR count). The smallest absolute Gasteiger partial charge is 0.361 e. The lowest BCUT2D eigenvalue weighted by molar-refractivity contribution is 0.288. The van der Waals surface area contributed by atoms with Crippen molar-refractivity contribution in [3.8, 4) is 11.5 Å². The van der Waals surface area contributed by atoms with Gasteiger partial charge in [0.05, 0.1) is 0 Å². The average molecular weight is 544 g/mol. The van der Waals surface area contributed by atoms with Crippen LogP contribution in [-0.4, -0.2) is 52.2 Å². The van der Waals surface area contributed by atoms with E-state index in [1.54, 1.807) is 0 Å².